The van der Waals surface area contributed by atoms with Gasteiger partial charge >= 0.3 is 0 Å². The number of aromatic nitrogens is 2. The second-order valence-electron chi connectivity index (χ2n) is 7.81. The normalized spacial score (nSPS) is 11.7. The maximum absolute atomic E-state index is 5.98. The van der Waals surface area contributed by atoms with Crippen LogP contribution >= 0.6 is 0 Å². The van der Waals surface area contributed by atoms with Crippen molar-refractivity contribution in [2.24, 2.45) is 4.99 Å². The Hall–Kier alpha value is -3.06. The molecule has 0 spiro atoms. The average molecular weight is 438 g/mol. The van der Waals surface area contributed by atoms with E-state index >= 15 is 0 Å². The van der Waals surface area contributed by atoms with Gasteiger partial charge in [-0.1, -0.05) is 24.3 Å². The molecular formula is C25H35N5O2. The number of aliphatic imine (C=N–C) groups is 1. The zero-order chi connectivity index (χ0) is 22.8. The van der Waals surface area contributed by atoms with Crippen LogP contribution in [0.25, 0.3) is 11.0 Å². The summed E-state index contributed by atoms with van der Waals surface area (Å²) in [7, 11) is 3.50. The second kappa shape index (κ2) is 12.1. The third-order valence-electron chi connectivity index (χ3n) is 5.34. The molecule has 0 saturated heterocycles. The number of guanidine groups is 1. The average Bonchev–Trinajstić information content (AvgIpc) is 3.12. The summed E-state index contributed by atoms with van der Waals surface area (Å²) in [6.45, 7) is 7.85. The van der Waals surface area contributed by atoms with E-state index < -0.39 is 0 Å². The Morgan fingerprint density at radius 3 is 2.72 bits per heavy atom. The lowest BCUT2D eigenvalue weighted by Crippen LogP contribution is -2.37. The minimum Gasteiger partial charge on any atom is -0.493 e. The van der Waals surface area contributed by atoms with E-state index in [2.05, 4.69) is 75.4 Å². The van der Waals surface area contributed by atoms with Crippen molar-refractivity contribution in [3.8, 4) is 5.75 Å². The molecule has 0 aliphatic carbocycles. The summed E-state index contributed by atoms with van der Waals surface area (Å²) in [6, 6.07) is 14.6. The Bertz CT molecular complexity index is 1030. The Morgan fingerprint density at radius 2 is 1.91 bits per heavy atom. The number of aryl methyl sites for hydroxylation is 3. The first-order chi connectivity index (χ1) is 15.6. The number of ether oxygens (including phenoxy) is 2. The fraction of sp³-hybridized carbons (Fsp3) is 0.440. The molecule has 0 aliphatic heterocycles. The molecule has 0 aliphatic rings. The topological polar surface area (TPSA) is 72.7 Å². The zero-order valence-corrected chi connectivity index (χ0v) is 19.6. The van der Waals surface area contributed by atoms with Crippen LogP contribution in [0.4, 0.5) is 0 Å². The molecule has 0 unspecified atom stereocenters. The van der Waals surface area contributed by atoms with Crippen molar-refractivity contribution in [3.05, 3.63) is 59.4 Å². The van der Waals surface area contributed by atoms with E-state index in [4.69, 9.17) is 9.47 Å². The summed E-state index contributed by atoms with van der Waals surface area (Å²) in [5.41, 5.74) is 4.52. The van der Waals surface area contributed by atoms with E-state index in [0.29, 0.717) is 19.8 Å². The second-order valence-corrected chi connectivity index (χ2v) is 7.81. The first kappa shape index (κ1) is 23.6. The molecule has 0 atom stereocenters. The van der Waals surface area contributed by atoms with Gasteiger partial charge in [0.1, 0.15) is 11.6 Å². The number of rotatable bonds is 11. The summed E-state index contributed by atoms with van der Waals surface area (Å²) in [5.74, 6) is 2.74. The molecule has 1 heterocycles. The smallest absolute Gasteiger partial charge is 0.191 e. The monoisotopic (exact) mass is 437 g/mol. The van der Waals surface area contributed by atoms with E-state index in [1.165, 1.54) is 11.1 Å². The molecule has 0 amide bonds. The van der Waals surface area contributed by atoms with Crippen LogP contribution in [0.2, 0.25) is 0 Å². The maximum Gasteiger partial charge on any atom is 0.191 e. The van der Waals surface area contributed by atoms with E-state index in [1.807, 2.05) is 6.07 Å². The van der Waals surface area contributed by atoms with Crippen molar-refractivity contribution in [1.82, 2.24) is 20.2 Å². The number of methoxy groups -OCH3 is 1. The largest absolute Gasteiger partial charge is 0.493 e. The van der Waals surface area contributed by atoms with Crippen molar-refractivity contribution in [2.75, 3.05) is 33.9 Å². The maximum atomic E-state index is 5.98. The number of hydrogen-bond acceptors (Lipinski definition) is 4. The van der Waals surface area contributed by atoms with Gasteiger partial charge in [0.2, 0.25) is 0 Å². The van der Waals surface area contributed by atoms with Gasteiger partial charge in [-0.25, -0.2) is 4.98 Å². The molecule has 0 fully saturated rings. The standard InChI is InChI=1S/C25H35N5O2/c1-19-11-12-21(24(17-19)32-16-8-15-31-4)18-28-25(26-3)27-13-7-14-30-20(2)29-22-9-5-6-10-23(22)30/h5-6,9-12,17H,7-8,13-16,18H2,1-4H3,(H2,26,27,28). The molecule has 0 saturated carbocycles. The number of para-hydroxylation sites is 2. The van der Waals surface area contributed by atoms with Crippen LogP contribution in [0.5, 0.6) is 5.75 Å². The van der Waals surface area contributed by atoms with Crippen LogP contribution in [0.15, 0.2) is 47.5 Å². The fourth-order valence-corrected chi connectivity index (χ4v) is 3.65. The van der Waals surface area contributed by atoms with Gasteiger partial charge in [-0.05, 0) is 44.0 Å². The summed E-state index contributed by atoms with van der Waals surface area (Å²) in [6.07, 6.45) is 1.84. The zero-order valence-electron chi connectivity index (χ0n) is 19.6. The summed E-state index contributed by atoms with van der Waals surface area (Å²) >= 11 is 0. The molecule has 2 aromatic carbocycles. The van der Waals surface area contributed by atoms with Crippen LogP contribution in [0.1, 0.15) is 29.8 Å². The summed E-state index contributed by atoms with van der Waals surface area (Å²) in [4.78, 5) is 9.00. The lowest BCUT2D eigenvalue weighted by Gasteiger charge is -2.16. The summed E-state index contributed by atoms with van der Waals surface area (Å²) < 4.78 is 13.4. The van der Waals surface area contributed by atoms with Gasteiger partial charge in [-0.15, -0.1) is 0 Å². The molecule has 7 nitrogen and oxygen atoms in total. The molecule has 172 valence electrons. The molecule has 3 rings (SSSR count). The highest BCUT2D eigenvalue weighted by atomic mass is 16.5. The van der Waals surface area contributed by atoms with Gasteiger partial charge < -0.3 is 24.7 Å². The Morgan fingerprint density at radius 1 is 1.06 bits per heavy atom. The number of imidazole rings is 1. The Balaban J connectivity index is 1.48. The van der Waals surface area contributed by atoms with Crippen LogP contribution in [-0.2, 0) is 17.8 Å². The Labute approximate surface area is 190 Å². The number of hydrogen-bond donors (Lipinski definition) is 2. The number of nitrogens with one attached hydrogen (secondary N) is 2. The third kappa shape index (κ3) is 6.47. The number of nitrogens with zero attached hydrogens (tertiary/aromatic N) is 3. The van der Waals surface area contributed by atoms with Crippen molar-refractivity contribution < 1.29 is 9.47 Å². The lowest BCUT2D eigenvalue weighted by atomic mass is 10.1. The SMILES string of the molecule is CN=C(NCCCn1c(C)nc2ccccc21)NCc1ccc(C)cc1OCCCOC. The summed E-state index contributed by atoms with van der Waals surface area (Å²) in [5, 5.41) is 6.81. The first-order valence-electron chi connectivity index (χ1n) is 11.2. The van der Waals surface area contributed by atoms with Crippen LogP contribution < -0.4 is 15.4 Å². The molecule has 0 bridgehead atoms. The van der Waals surface area contributed by atoms with E-state index in [9.17, 15) is 0 Å². The highest BCUT2D eigenvalue weighted by Gasteiger charge is 2.08. The number of benzene rings is 2. The predicted octanol–water partition coefficient (Wildman–Crippen LogP) is 3.82. The van der Waals surface area contributed by atoms with Crippen LogP contribution in [0, 0.1) is 13.8 Å². The quantitative estimate of drug-likeness (QED) is 0.271. The minimum absolute atomic E-state index is 0.639. The highest BCUT2D eigenvalue weighted by molar-refractivity contribution is 5.79. The van der Waals surface area contributed by atoms with Crippen LogP contribution in [0.3, 0.4) is 0 Å². The van der Waals surface area contributed by atoms with Crippen molar-refractivity contribution in [3.63, 3.8) is 0 Å². The first-order valence-corrected chi connectivity index (χ1v) is 11.2. The van der Waals surface area contributed by atoms with Gasteiger partial charge in [0.15, 0.2) is 5.96 Å². The highest BCUT2D eigenvalue weighted by Crippen LogP contribution is 2.20. The molecule has 1 aromatic heterocycles. The van der Waals surface area contributed by atoms with Crippen molar-refractivity contribution in [2.45, 2.75) is 39.8 Å². The van der Waals surface area contributed by atoms with E-state index in [-0.39, 0.29) is 0 Å². The minimum atomic E-state index is 0.639. The molecular weight excluding hydrogens is 402 g/mol. The van der Waals surface area contributed by atoms with E-state index in [1.54, 1.807) is 14.2 Å². The fourth-order valence-electron chi connectivity index (χ4n) is 3.65. The lowest BCUT2D eigenvalue weighted by molar-refractivity contribution is 0.171. The van der Waals surface area contributed by atoms with Gasteiger partial charge in [0.05, 0.1) is 17.6 Å². The van der Waals surface area contributed by atoms with Crippen molar-refractivity contribution in [1.29, 1.82) is 0 Å². The van der Waals surface area contributed by atoms with Gasteiger partial charge in [0, 0.05) is 52.4 Å². The molecule has 3 aromatic rings. The molecule has 32 heavy (non-hydrogen) atoms. The third-order valence-corrected chi connectivity index (χ3v) is 5.34. The van der Waals surface area contributed by atoms with Gasteiger partial charge in [-0.2, -0.15) is 0 Å². The number of fused-ring (bicyclic) bond motifs is 1. The predicted molar refractivity (Wildman–Crippen MR) is 130 cm³/mol. The molecule has 7 heteroatoms. The van der Waals surface area contributed by atoms with Crippen molar-refractivity contribution >= 4 is 17.0 Å². The van der Waals surface area contributed by atoms with Gasteiger partial charge in [0.25, 0.3) is 0 Å². The van der Waals surface area contributed by atoms with Crippen LogP contribution in [-0.4, -0.2) is 49.4 Å². The van der Waals surface area contributed by atoms with E-state index in [0.717, 1.165) is 54.5 Å². The molecule has 2 N–H and O–H groups in total. The Kier molecular flexibility index (Phi) is 8.92. The molecule has 0 radical (unpaired) electrons. The van der Waals surface area contributed by atoms with Gasteiger partial charge in [-0.3, -0.25) is 4.99 Å².